The topological polar surface area (TPSA) is 53.1 Å². The number of halogens is 1. The van der Waals surface area contributed by atoms with E-state index in [1.165, 1.54) is 0 Å². The van der Waals surface area contributed by atoms with E-state index in [0.717, 1.165) is 21.5 Å². The Balaban J connectivity index is 2.57. The number of benzene rings is 1. The number of aryl methyl sites for hydroxylation is 1. The molecule has 0 saturated heterocycles. The van der Waals surface area contributed by atoms with Crippen molar-refractivity contribution < 1.29 is 4.74 Å². The minimum absolute atomic E-state index is 0.622. The largest absolute Gasteiger partial charge is 0.495 e. The number of ether oxygens (including phenoxy) is 1. The van der Waals surface area contributed by atoms with E-state index in [1.54, 1.807) is 7.11 Å². The Labute approximate surface area is 109 Å². The molecule has 0 aliphatic heterocycles. The van der Waals surface area contributed by atoms with Gasteiger partial charge in [-0.05, 0) is 41.9 Å². The van der Waals surface area contributed by atoms with Gasteiger partial charge in [0.05, 0.1) is 34.3 Å². The zero-order chi connectivity index (χ0) is 12.6. The fraction of sp³-hybridized carbons (Fsp3) is 0.250. The van der Waals surface area contributed by atoms with Crippen LogP contribution in [0.15, 0.2) is 22.7 Å². The highest BCUT2D eigenvalue weighted by molar-refractivity contribution is 9.10. The minimum Gasteiger partial charge on any atom is -0.495 e. The van der Waals surface area contributed by atoms with E-state index >= 15 is 0 Å². The van der Waals surface area contributed by atoms with Crippen LogP contribution in [0, 0.1) is 13.8 Å². The van der Waals surface area contributed by atoms with Crippen LogP contribution in [0.1, 0.15) is 11.4 Å². The molecular weight excluding hydrogens is 282 g/mol. The van der Waals surface area contributed by atoms with Crippen molar-refractivity contribution in [1.82, 2.24) is 9.78 Å². The van der Waals surface area contributed by atoms with E-state index in [4.69, 9.17) is 10.5 Å². The molecule has 1 heterocycles. The molecule has 0 aliphatic carbocycles. The lowest BCUT2D eigenvalue weighted by atomic mass is 10.2. The van der Waals surface area contributed by atoms with Crippen LogP contribution in [0.4, 0.5) is 5.69 Å². The summed E-state index contributed by atoms with van der Waals surface area (Å²) in [5.41, 5.74) is 9.35. The van der Waals surface area contributed by atoms with Gasteiger partial charge in [-0.25, -0.2) is 4.68 Å². The molecule has 2 rings (SSSR count). The molecule has 90 valence electrons. The maximum absolute atomic E-state index is 5.79. The summed E-state index contributed by atoms with van der Waals surface area (Å²) in [6.07, 6.45) is 0. The molecular formula is C12H14BrN3O. The van der Waals surface area contributed by atoms with Crippen molar-refractivity contribution in [2.24, 2.45) is 0 Å². The first kappa shape index (κ1) is 12.0. The maximum Gasteiger partial charge on any atom is 0.143 e. The predicted molar refractivity (Wildman–Crippen MR) is 71.7 cm³/mol. The third-order valence-electron chi connectivity index (χ3n) is 2.66. The van der Waals surface area contributed by atoms with Gasteiger partial charge in [-0.1, -0.05) is 0 Å². The monoisotopic (exact) mass is 295 g/mol. The molecule has 2 N–H and O–H groups in total. The van der Waals surface area contributed by atoms with Crippen LogP contribution in [0.3, 0.4) is 0 Å². The third kappa shape index (κ3) is 2.02. The van der Waals surface area contributed by atoms with E-state index in [9.17, 15) is 0 Å². The lowest BCUT2D eigenvalue weighted by Crippen LogP contribution is -2.01. The zero-order valence-electron chi connectivity index (χ0n) is 9.99. The Morgan fingerprint density at radius 1 is 1.35 bits per heavy atom. The van der Waals surface area contributed by atoms with Crippen molar-refractivity contribution in [3.05, 3.63) is 34.1 Å². The summed E-state index contributed by atoms with van der Waals surface area (Å²) < 4.78 is 8.09. The van der Waals surface area contributed by atoms with Crippen LogP contribution in [-0.4, -0.2) is 16.9 Å². The summed E-state index contributed by atoms with van der Waals surface area (Å²) in [6, 6.07) is 5.61. The standard InChI is InChI=1S/C12H14BrN3O/c1-7-12(13)8(2)16(15-7)9-4-5-10(14)11(6-9)17-3/h4-6H,14H2,1-3H3. The van der Waals surface area contributed by atoms with Crippen LogP contribution < -0.4 is 10.5 Å². The van der Waals surface area contributed by atoms with Gasteiger partial charge in [-0.3, -0.25) is 0 Å². The van der Waals surface area contributed by atoms with Crippen LogP contribution in [-0.2, 0) is 0 Å². The SMILES string of the molecule is COc1cc(-n2nc(C)c(Br)c2C)ccc1N. The predicted octanol–water partition coefficient (Wildman–Crippen LogP) is 2.84. The lowest BCUT2D eigenvalue weighted by molar-refractivity contribution is 0.416. The number of nitrogens with zero attached hydrogens (tertiary/aromatic N) is 2. The van der Waals surface area contributed by atoms with Crippen LogP contribution in [0.25, 0.3) is 5.69 Å². The van der Waals surface area contributed by atoms with E-state index in [0.29, 0.717) is 11.4 Å². The van der Waals surface area contributed by atoms with Crippen molar-refractivity contribution in [2.75, 3.05) is 12.8 Å². The summed E-state index contributed by atoms with van der Waals surface area (Å²) in [4.78, 5) is 0. The Morgan fingerprint density at radius 2 is 2.06 bits per heavy atom. The fourth-order valence-electron chi connectivity index (χ4n) is 1.71. The van der Waals surface area contributed by atoms with E-state index < -0.39 is 0 Å². The average Bonchev–Trinajstić information content (AvgIpc) is 2.58. The smallest absolute Gasteiger partial charge is 0.143 e. The number of rotatable bonds is 2. The Morgan fingerprint density at radius 3 is 2.59 bits per heavy atom. The second kappa shape index (κ2) is 4.41. The third-order valence-corrected chi connectivity index (χ3v) is 3.81. The van der Waals surface area contributed by atoms with Gasteiger partial charge >= 0.3 is 0 Å². The minimum atomic E-state index is 0.622. The number of methoxy groups -OCH3 is 1. The second-order valence-electron chi connectivity index (χ2n) is 3.82. The highest BCUT2D eigenvalue weighted by atomic mass is 79.9. The fourth-order valence-corrected chi connectivity index (χ4v) is 1.95. The molecule has 17 heavy (non-hydrogen) atoms. The van der Waals surface area contributed by atoms with Gasteiger partial charge in [0.15, 0.2) is 0 Å². The van der Waals surface area contributed by atoms with Crippen molar-refractivity contribution in [2.45, 2.75) is 13.8 Å². The molecule has 0 saturated carbocycles. The van der Waals surface area contributed by atoms with E-state index in [2.05, 4.69) is 21.0 Å². The number of hydrogen-bond acceptors (Lipinski definition) is 3. The van der Waals surface area contributed by atoms with Crippen molar-refractivity contribution in [1.29, 1.82) is 0 Å². The molecule has 0 bridgehead atoms. The van der Waals surface area contributed by atoms with Gasteiger partial charge in [0.1, 0.15) is 5.75 Å². The van der Waals surface area contributed by atoms with Gasteiger partial charge in [-0.2, -0.15) is 5.10 Å². The molecule has 0 amide bonds. The first-order valence-corrected chi connectivity index (χ1v) is 5.99. The molecule has 2 aromatic rings. The van der Waals surface area contributed by atoms with Crippen LogP contribution >= 0.6 is 15.9 Å². The average molecular weight is 296 g/mol. The highest BCUT2D eigenvalue weighted by Gasteiger charge is 2.11. The van der Waals surface area contributed by atoms with Gasteiger partial charge in [0.25, 0.3) is 0 Å². The number of nitrogens with two attached hydrogens (primary N) is 1. The van der Waals surface area contributed by atoms with Crippen molar-refractivity contribution >= 4 is 21.6 Å². The lowest BCUT2D eigenvalue weighted by Gasteiger charge is -2.08. The Bertz CT molecular complexity index is 563. The second-order valence-corrected chi connectivity index (χ2v) is 4.62. The normalized spacial score (nSPS) is 10.6. The quantitative estimate of drug-likeness (QED) is 0.867. The first-order chi connectivity index (χ1) is 8.04. The summed E-state index contributed by atoms with van der Waals surface area (Å²) in [5, 5.41) is 4.46. The molecule has 5 heteroatoms. The maximum atomic E-state index is 5.79. The Hall–Kier alpha value is -1.49. The first-order valence-electron chi connectivity index (χ1n) is 5.20. The van der Waals surface area contributed by atoms with Gasteiger partial charge in [0, 0.05) is 6.07 Å². The molecule has 0 fully saturated rings. The zero-order valence-corrected chi connectivity index (χ0v) is 11.6. The number of aromatic nitrogens is 2. The summed E-state index contributed by atoms with van der Waals surface area (Å²) in [6.45, 7) is 3.97. The van der Waals surface area contributed by atoms with Gasteiger partial charge in [0.2, 0.25) is 0 Å². The van der Waals surface area contributed by atoms with Crippen molar-refractivity contribution in [3.8, 4) is 11.4 Å². The number of hydrogen-bond donors (Lipinski definition) is 1. The van der Waals surface area contributed by atoms with Gasteiger partial charge < -0.3 is 10.5 Å². The van der Waals surface area contributed by atoms with Crippen LogP contribution in [0.5, 0.6) is 5.75 Å². The Kier molecular flexibility index (Phi) is 3.11. The number of nitrogen functional groups attached to an aromatic ring is 1. The molecule has 0 spiro atoms. The van der Waals surface area contributed by atoms with Gasteiger partial charge in [-0.15, -0.1) is 0 Å². The molecule has 0 unspecified atom stereocenters. The summed E-state index contributed by atoms with van der Waals surface area (Å²) in [7, 11) is 1.60. The van der Waals surface area contributed by atoms with Crippen molar-refractivity contribution in [3.63, 3.8) is 0 Å². The number of anilines is 1. The molecule has 0 radical (unpaired) electrons. The highest BCUT2D eigenvalue weighted by Crippen LogP contribution is 2.27. The summed E-state index contributed by atoms with van der Waals surface area (Å²) in [5.74, 6) is 0.658. The molecule has 0 atom stereocenters. The molecule has 4 nitrogen and oxygen atoms in total. The summed E-state index contributed by atoms with van der Waals surface area (Å²) >= 11 is 3.51. The molecule has 1 aromatic heterocycles. The van der Waals surface area contributed by atoms with Crippen LogP contribution in [0.2, 0.25) is 0 Å². The molecule has 0 aliphatic rings. The molecule has 1 aromatic carbocycles. The van der Waals surface area contributed by atoms with E-state index in [1.807, 2.05) is 36.7 Å². The van der Waals surface area contributed by atoms with E-state index in [-0.39, 0.29) is 0 Å².